The Morgan fingerprint density at radius 3 is 3.00 bits per heavy atom. The van der Waals surface area contributed by atoms with E-state index >= 15 is 0 Å². The number of anilines is 1. The zero-order valence-corrected chi connectivity index (χ0v) is 11.5. The highest BCUT2D eigenvalue weighted by molar-refractivity contribution is 7.22. The third kappa shape index (κ3) is 1.72. The van der Waals surface area contributed by atoms with Crippen LogP contribution in [-0.2, 0) is 0 Å². The predicted octanol–water partition coefficient (Wildman–Crippen LogP) is 4.21. The molecule has 3 unspecified atom stereocenters. The number of hydrogen-bond donors (Lipinski definition) is 1. The van der Waals surface area contributed by atoms with Gasteiger partial charge in [0.25, 0.3) is 0 Å². The third-order valence-electron chi connectivity index (χ3n) is 4.59. The van der Waals surface area contributed by atoms with Crippen molar-refractivity contribution in [2.24, 2.45) is 11.8 Å². The van der Waals surface area contributed by atoms with E-state index in [2.05, 4.69) is 30.4 Å². The summed E-state index contributed by atoms with van der Waals surface area (Å²) >= 11 is 1.80. The van der Waals surface area contributed by atoms with Crippen molar-refractivity contribution in [1.29, 1.82) is 0 Å². The molecule has 0 radical (unpaired) electrons. The van der Waals surface area contributed by atoms with Crippen LogP contribution < -0.4 is 5.32 Å². The van der Waals surface area contributed by atoms with Crippen molar-refractivity contribution in [2.75, 3.05) is 5.32 Å². The molecule has 0 spiro atoms. The maximum Gasteiger partial charge on any atom is 0.184 e. The van der Waals surface area contributed by atoms with Crippen molar-refractivity contribution >= 4 is 26.7 Å². The topological polar surface area (TPSA) is 24.9 Å². The fourth-order valence-corrected chi connectivity index (χ4v) is 4.59. The van der Waals surface area contributed by atoms with Gasteiger partial charge in [-0.05, 0) is 55.7 Å². The Bertz CT molecular complexity index is 589. The minimum absolute atomic E-state index is 0.686. The van der Waals surface area contributed by atoms with Gasteiger partial charge in [0.1, 0.15) is 0 Å². The zero-order valence-electron chi connectivity index (χ0n) is 10.6. The van der Waals surface area contributed by atoms with Gasteiger partial charge in [-0.1, -0.05) is 23.8 Å². The fraction of sp³-hybridized carbons (Fsp3) is 0.533. The van der Waals surface area contributed by atoms with Gasteiger partial charge in [-0.25, -0.2) is 4.98 Å². The van der Waals surface area contributed by atoms with Crippen molar-refractivity contribution < 1.29 is 0 Å². The first-order valence-corrected chi connectivity index (χ1v) is 7.73. The summed E-state index contributed by atoms with van der Waals surface area (Å²) in [5, 5.41) is 4.81. The Morgan fingerprint density at radius 1 is 1.28 bits per heavy atom. The van der Waals surface area contributed by atoms with Gasteiger partial charge in [0.2, 0.25) is 0 Å². The number of thiazole rings is 1. The van der Waals surface area contributed by atoms with Crippen molar-refractivity contribution in [3.63, 3.8) is 0 Å². The molecule has 1 heterocycles. The molecule has 2 nitrogen and oxygen atoms in total. The van der Waals surface area contributed by atoms with E-state index in [-0.39, 0.29) is 0 Å². The molecular formula is C15H18N2S. The highest BCUT2D eigenvalue weighted by Gasteiger charge is 2.39. The molecule has 3 atom stereocenters. The smallest absolute Gasteiger partial charge is 0.184 e. The van der Waals surface area contributed by atoms with Crippen LogP contribution in [0, 0.1) is 18.8 Å². The first-order valence-electron chi connectivity index (χ1n) is 6.91. The van der Waals surface area contributed by atoms with Gasteiger partial charge in [0.05, 0.1) is 10.2 Å². The molecule has 3 heteroatoms. The fourth-order valence-electron chi connectivity index (χ4n) is 3.68. The van der Waals surface area contributed by atoms with Crippen LogP contribution in [0.15, 0.2) is 18.2 Å². The molecule has 0 saturated heterocycles. The van der Waals surface area contributed by atoms with E-state index in [0.717, 1.165) is 22.5 Å². The summed E-state index contributed by atoms with van der Waals surface area (Å²) in [5.74, 6) is 1.90. The maximum absolute atomic E-state index is 4.73. The van der Waals surface area contributed by atoms with Crippen molar-refractivity contribution in [1.82, 2.24) is 4.98 Å². The van der Waals surface area contributed by atoms with Crippen molar-refractivity contribution in [3.05, 3.63) is 23.8 Å². The van der Waals surface area contributed by atoms with E-state index in [4.69, 9.17) is 4.98 Å². The second kappa shape index (κ2) is 3.95. The summed E-state index contributed by atoms with van der Waals surface area (Å²) in [6.07, 6.45) is 5.69. The third-order valence-corrected chi connectivity index (χ3v) is 5.56. The standard InChI is InChI=1S/C15H18N2S/c1-9-2-5-14-13(6-9)17-15(18-14)16-12-8-10-3-4-11(12)7-10/h2,5-6,10-12H,3-4,7-8H2,1H3,(H,16,17). The van der Waals surface area contributed by atoms with Crippen LogP contribution in [-0.4, -0.2) is 11.0 Å². The lowest BCUT2D eigenvalue weighted by atomic mass is 9.96. The zero-order chi connectivity index (χ0) is 12.1. The molecule has 4 rings (SSSR count). The molecule has 2 saturated carbocycles. The molecule has 2 aliphatic rings. The molecule has 1 aromatic carbocycles. The summed E-state index contributed by atoms with van der Waals surface area (Å²) in [4.78, 5) is 4.73. The first kappa shape index (κ1) is 10.8. The molecular weight excluding hydrogens is 240 g/mol. The summed E-state index contributed by atoms with van der Waals surface area (Å²) < 4.78 is 1.30. The van der Waals surface area contributed by atoms with E-state index < -0.39 is 0 Å². The molecule has 18 heavy (non-hydrogen) atoms. The number of hydrogen-bond acceptors (Lipinski definition) is 3. The second-order valence-corrected chi connectivity index (χ2v) is 6.95. The molecule has 2 fully saturated rings. The first-order chi connectivity index (χ1) is 8.78. The lowest BCUT2D eigenvalue weighted by Gasteiger charge is -2.22. The Balaban J connectivity index is 1.59. The molecule has 0 amide bonds. The monoisotopic (exact) mass is 258 g/mol. The van der Waals surface area contributed by atoms with E-state index in [1.165, 1.54) is 35.9 Å². The minimum Gasteiger partial charge on any atom is -0.358 e. The van der Waals surface area contributed by atoms with Crippen LogP contribution in [0.2, 0.25) is 0 Å². The van der Waals surface area contributed by atoms with E-state index in [0.29, 0.717) is 6.04 Å². The van der Waals surface area contributed by atoms with Gasteiger partial charge in [0, 0.05) is 6.04 Å². The lowest BCUT2D eigenvalue weighted by molar-refractivity contribution is 0.439. The van der Waals surface area contributed by atoms with Gasteiger partial charge in [-0.3, -0.25) is 0 Å². The van der Waals surface area contributed by atoms with Gasteiger partial charge < -0.3 is 5.32 Å². The Hall–Kier alpha value is -1.09. The molecule has 1 aromatic heterocycles. The predicted molar refractivity (Wildman–Crippen MR) is 77.2 cm³/mol. The van der Waals surface area contributed by atoms with Gasteiger partial charge >= 0.3 is 0 Å². The van der Waals surface area contributed by atoms with Crippen LogP contribution in [0.4, 0.5) is 5.13 Å². The number of aryl methyl sites for hydroxylation is 1. The number of rotatable bonds is 2. The Morgan fingerprint density at radius 2 is 2.22 bits per heavy atom. The molecule has 2 bridgehead atoms. The Kier molecular flexibility index (Phi) is 2.37. The number of nitrogens with one attached hydrogen (secondary N) is 1. The Labute approximate surface area is 111 Å². The number of aromatic nitrogens is 1. The van der Waals surface area contributed by atoms with Crippen LogP contribution in [0.5, 0.6) is 0 Å². The van der Waals surface area contributed by atoms with E-state index in [1.807, 2.05) is 0 Å². The number of benzene rings is 1. The van der Waals surface area contributed by atoms with Gasteiger partial charge in [0.15, 0.2) is 5.13 Å². The minimum atomic E-state index is 0.686. The largest absolute Gasteiger partial charge is 0.358 e. The van der Waals surface area contributed by atoms with Gasteiger partial charge in [-0.15, -0.1) is 0 Å². The molecule has 1 N–H and O–H groups in total. The molecule has 94 valence electrons. The SMILES string of the molecule is Cc1ccc2sc(NC3CC4CCC3C4)nc2c1. The second-order valence-electron chi connectivity index (χ2n) is 5.92. The molecule has 0 aliphatic heterocycles. The highest BCUT2D eigenvalue weighted by atomic mass is 32.1. The summed E-state index contributed by atoms with van der Waals surface area (Å²) in [7, 11) is 0. The lowest BCUT2D eigenvalue weighted by Crippen LogP contribution is -2.25. The van der Waals surface area contributed by atoms with E-state index in [1.54, 1.807) is 11.3 Å². The molecule has 2 aromatic rings. The van der Waals surface area contributed by atoms with Crippen LogP contribution in [0.25, 0.3) is 10.2 Å². The number of fused-ring (bicyclic) bond motifs is 3. The van der Waals surface area contributed by atoms with Gasteiger partial charge in [-0.2, -0.15) is 0 Å². The van der Waals surface area contributed by atoms with E-state index in [9.17, 15) is 0 Å². The number of nitrogens with zero attached hydrogens (tertiary/aromatic N) is 1. The van der Waals surface area contributed by atoms with Crippen LogP contribution in [0.3, 0.4) is 0 Å². The van der Waals surface area contributed by atoms with Crippen molar-refractivity contribution in [3.8, 4) is 0 Å². The average molecular weight is 258 g/mol. The molecule has 2 aliphatic carbocycles. The van der Waals surface area contributed by atoms with Crippen LogP contribution in [0.1, 0.15) is 31.2 Å². The quantitative estimate of drug-likeness (QED) is 0.873. The maximum atomic E-state index is 4.73. The normalized spacial score (nSPS) is 30.2. The summed E-state index contributed by atoms with van der Waals surface area (Å²) in [6, 6.07) is 7.22. The summed E-state index contributed by atoms with van der Waals surface area (Å²) in [5.41, 5.74) is 2.44. The van der Waals surface area contributed by atoms with Crippen molar-refractivity contribution in [2.45, 2.75) is 38.6 Å². The summed E-state index contributed by atoms with van der Waals surface area (Å²) in [6.45, 7) is 2.13. The highest BCUT2D eigenvalue weighted by Crippen LogP contribution is 2.45. The average Bonchev–Trinajstić information content (AvgIpc) is 3.02. The van der Waals surface area contributed by atoms with Crippen LogP contribution >= 0.6 is 11.3 Å².